The van der Waals surface area contributed by atoms with Crippen molar-refractivity contribution in [1.82, 2.24) is 0 Å². The van der Waals surface area contributed by atoms with Gasteiger partial charge in [-0.25, -0.2) is 0 Å². The number of carbonyl (C=O) groups is 1. The molecule has 0 saturated carbocycles. The number of hydrogen-bond donors (Lipinski definition) is 2. The molecular weight excluding hydrogens is 242 g/mol. The van der Waals surface area contributed by atoms with Crippen LogP contribution in [-0.4, -0.2) is 25.1 Å². The highest BCUT2D eigenvalue weighted by molar-refractivity contribution is 5.80. The molecule has 2 rings (SSSR count). The lowest BCUT2D eigenvalue weighted by molar-refractivity contribution is -0.121. The fourth-order valence-corrected chi connectivity index (χ4v) is 2.38. The van der Waals surface area contributed by atoms with Gasteiger partial charge < -0.3 is 21.1 Å². The summed E-state index contributed by atoms with van der Waals surface area (Å²) in [6.45, 7) is 5.35. The molecule has 1 unspecified atom stereocenters. The number of ether oxygens (including phenoxy) is 1. The molecule has 19 heavy (non-hydrogen) atoms. The molecular formula is C14H21N3O2. The Balaban J connectivity index is 2.19. The standard InChI is InChI=1S/C14H21N3O2/c1-9(2)19-12-5-3-4-11(13(12)15)17-7-6-10(8-17)14(16)18/h3-5,9-10H,6-8,15H2,1-2H3,(H2,16,18). The molecule has 0 aromatic heterocycles. The summed E-state index contributed by atoms with van der Waals surface area (Å²) in [7, 11) is 0. The predicted octanol–water partition coefficient (Wildman–Crippen LogP) is 1.37. The van der Waals surface area contributed by atoms with Crippen LogP contribution in [0.2, 0.25) is 0 Å². The Morgan fingerprint density at radius 2 is 2.21 bits per heavy atom. The second-order valence-corrected chi connectivity index (χ2v) is 5.19. The number of rotatable bonds is 4. The van der Waals surface area contributed by atoms with Crippen LogP contribution in [0, 0.1) is 5.92 Å². The normalized spacial score (nSPS) is 18.9. The topological polar surface area (TPSA) is 81.6 Å². The molecule has 4 N–H and O–H groups in total. The molecule has 1 fully saturated rings. The summed E-state index contributed by atoms with van der Waals surface area (Å²) in [6.07, 6.45) is 0.860. The van der Waals surface area contributed by atoms with Crippen LogP contribution >= 0.6 is 0 Å². The van der Waals surface area contributed by atoms with Crippen molar-refractivity contribution < 1.29 is 9.53 Å². The monoisotopic (exact) mass is 263 g/mol. The van der Waals surface area contributed by atoms with Crippen molar-refractivity contribution in [2.24, 2.45) is 11.7 Å². The van der Waals surface area contributed by atoms with E-state index < -0.39 is 0 Å². The molecule has 0 bridgehead atoms. The SMILES string of the molecule is CC(C)Oc1cccc(N2CCC(C(N)=O)C2)c1N. The first-order valence-corrected chi connectivity index (χ1v) is 6.58. The second-order valence-electron chi connectivity index (χ2n) is 5.19. The first-order chi connectivity index (χ1) is 8.99. The minimum atomic E-state index is -0.240. The lowest BCUT2D eigenvalue weighted by atomic mass is 10.1. The number of para-hydroxylation sites is 1. The van der Waals surface area contributed by atoms with Gasteiger partial charge in [0, 0.05) is 13.1 Å². The molecule has 1 aliphatic rings. The third kappa shape index (κ3) is 2.92. The zero-order chi connectivity index (χ0) is 14.0. The lowest BCUT2D eigenvalue weighted by Gasteiger charge is -2.22. The highest BCUT2D eigenvalue weighted by Crippen LogP contribution is 2.35. The Labute approximate surface area is 113 Å². The van der Waals surface area contributed by atoms with Gasteiger partial charge in [-0.15, -0.1) is 0 Å². The van der Waals surface area contributed by atoms with E-state index in [9.17, 15) is 4.79 Å². The second kappa shape index (κ2) is 5.38. The van der Waals surface area contributed by atoms with Crippen molar-refractivity contribution >= 4 is 17.3 Å². The number of nitrogens with two attached hydrogens (primary N) is 2. The average Bonchev–Trinajstić information content (AvgIpc) is 2.80. The third-order valence-electron chi connectivity index (χ3n) is 3.34. The van der Waals surface area contributed by atoms with Crippen LogP contribution in [-0.2, 0) is 4.79 Å². The molecule has 1 aromatic rings. The van der Waals surface area contributed by atoms with Gasteiger partial charge >= 0.3 is 0 Å². The van der Waals surface area contributed by atoms with Gasteiger partial charge in [0.2, 0.25) is 5.91 Å². The lowest BCUT2D eigenvalue weighted by Crippen LogP contribution is -2.27. The Kier molecular flexibility index (Phi) is 3.83. The number of nitrogen functional groups attached to an aromatic ring is 1. The molecule has 0 spiro atoms. The van der Waals surface area contributed by atoms with Crippen molar-refractivity contribution in [1.29, 1.82) is 0 Å². The maximum Gasteiger partial charge on any atom is 0.222 e. The van der Waals surface area contributed by atoms with Gasteiger partial charge in [0.1, 0.15) is 5.75 Å². The molecule has 0 aliphatic carbocycles. The summed E-state index contributed by atoms with van der Waals surface area (Å²) >= 11 is 0. The van der Waals surface area contributed by atoms with Crippen LogP contribution in [0.15, 0.2) is 18.2 Å². The summed E-state index contributed by atoms with van der Waals surface area (Å²) in [5, 5.41) is 0. The maximum atomic E-state index is 11.2. The summed E-state index contributed by atoms with van der Waals surface area (Å²) in [5.74, 6) is 0.361. The Hall–Kier alpha value is -1.91. The van der Waals surface area contributed by atoms with Crippen LogP contribution in [0.4, 0.5) is 11.4 Å². The predicted molar refractivity (Wildman–Crippen MR) is 76.1 cm³/mol. The Bertz CT molecular complexity index is 474. The van der Waals surface area contributed by atoms with E-state index in [1.165, 1.54) is 0 Å². The molecule has 1 saturated heterocycles. The van der Waals surface area contributed by atoms with Crippen LogP contribution < -0.4 is 21.1 Å². The van der Waals surface area contributed by atoms with Crippen molar-refractivity contribution in [3.8, 4) is 5.75 Å². The third-order valence-corrected chi connectivity index (χ3v) is 3.34. The Morgan fingerprint density at radius 3 is 2.79 bits per heavy atom. The van der Waals surface area contributed by atoms with E-state index in [4.69, 9.17) is 16.2 Å². The number of carbonyl (C=O) groups excluding carboxylic acids is 1. The number of amides is 1. The van der Waals surface area contributed by atoms with Gasteiger partial charge in [0.25, 0.3) is 0 Å². The number of benzene rings is 1. The van der Waals surface area contributed by atoms with E-state index in [1.54, 1.807) is 0 Å². The fraction of sp³-hybridized carbons (Fsp3) is 0.500. The average molecular weight is 263 g/mol. The highest BCUT2D eigenvalue weighted by atomic mass is 16.5. The van der Waals surface area contributed by atoms with E-state index in [0.717, 1.165) is 18.7 Å². The van der Waals surface area contributed by atoms with E-state index in [0.29, 0.717) is 18.0 Å². The van der Waals surface area contributed by atoms with Gasteiger partial charge in [0.05, 0.1) is 23.4 Å². The summed E-state index contributed by atoms with van der Waals surface area (Å²) < 4.78 is 5.68. The Morgan fingerprint density at radius 1 is 1.47 bits per heavy atom. The molecule has 104 valence electrons. The number of anilines is 2. The summed E-state index contributed by atoms with van der Waals surface area (Å²) in [4.78, 5) is 13.3. The first-order valence-electron chi connectivity index (χ1n) is 6.58. The van der Waals surface area contributed by atoms with Crippen molar-refractivity contribution in [3.05, 3.63) is 18.2 Å². The van der Waals surface area contributed by atoms with Crippen LogP contribution in [0.5, 0.6) is 5.75 Å². The van der Waals surface area contributed by atoms with Gasteiger partial charge in [-0.05, 0) is 32.4 Å². The van der Waals surface area contributed by atoms with E-state index in [2.05, 4.69) is 4.90 Å². The quantitative estimate of drug-likeness (QED) is 0.804. The largest absolute Gasteiger partial charge is 0.489 e. The zero-order valence-corrected chi connectivity index (χ0v) is 11.4. The van der Waals surface area contributed by atoms with Crippen molar-refractivity contribution in [3.63, 3.8) is 0 Å². The van der Waals surface area contributed by atoms with Gasteiger partial charge in [-0.3, -0.25) is 4.79 Å². The molecule has 1 atom stereocenters. The molecule has 5 nitrogen and oxygen atoms in total. The van der Waals surface area contributed by atoms with Crippen molar-refractivity contribution in [2.45, 2.75) is 26.4 Å². The molecule has 0 radical (unpaired) electrons. The van der Waals surface area contributed by atoms with Gasteiger partial charge in [-0.1, -0.05) is 6.07 Å². The van der Waals surface area contributed by atoms with E-state index in [1.807, 2.05) is 32.0 Å². The molecule has 5 heteroatoms. The fourth-order valence-electron chi connectivity index (χ4n) is 2.38. The molecule has 1 heterocycles. The number of nitrogens with zero attached hydrogens (tertiary/aromatic N) is 1. The summed E-state index contributed by atoms with van der Waals surface area (Å²) in [6, 6.07) is 5.73. The highest BCUT2D eigenvalue weighted by Gasteiger charge is 2.28. The van der Waals surface area contributed by atoms with Crippen LogP contribution in [0.3, 0.4) is 0 Å². The minimum absolute atomic E-state index is 0.0782. The zero-order valence-electron chi connectivity index (χ0n) is 11.4. The van der Waals surface area contributed by atoms with E-state index in [-0.39, 0.29) is 17.9 Å². The van der Waals surface area contributed by atoms with Gasteiger partial charge in [-0.2, -0.15) is 0 Å². The summed E-state index contributed by atoms with van der Waals surface area (Å²) in [5.41, 5.74) is 13.0. The minimum Gasteiger partial charge on any atom is -0.489 e. The van der Waals surface area contributed by atoms with Crippen LogP contribution in [0.25, 0.3) is 0 Å². The molecule has 1 aliphatic heterocycles. The smallest absolute Gasteiger partial charge is 0.222 e. The van der Waals surface area contributed by atoms with Crippen LogP contribution in [0.1, 0.15) is 20.3 Å². The van der Waals surface area contributed by atoms with E-state index >= 15 is 0 Å². The number of primary amides is 1. The van der Waals surface area contributed by atoms with Crippen molar-refractivity contribution in [2.75, 3.05) is 23.7 Å². The first kappa shape index (κ1) is 13.5. The molecule has 1 aromatic carbocycles. The maximum absolute atomic E-state index is 11.2. The van der Waals surface area contributed by atoms with Gasteiger partial charge in [0.15, 0.2) is 0 Å². The molecule has 1 amide bonds. The number of hydrogen-bond acceptors (Lipinski definition) is 4.